The van der Waals surface area contributed by atoms with Crippen LogP contribution in [0.1, 0.15) is 91.4 Å². The Labute approximate surface area is 207 Å². The smallest absolute Gasteiger partial charge is 0.156 e. The maximum Gasteiger partial charge on any atom is 0.156 e. The molecule has 0 heterocycles. The van der Waals surface area contributed by atoms with Gasteiger partial charge in [-0.05, 0) is 119 Å². The number of nitrogens with zero attached hydrogens (tertiary/aromatic N) is 1. The van der Waals surface area contributed by atoms with Crippen LogP contribution in [0.3, 0.4) is 0 Å². The molecule has 0 aromatic heterocycles. The Kier molecular flexibility index (Phi) is 6.39. The molecule has 0 aromatic rings. The fourth-order valence-electron chi connectivity index (χ4n) is 8.64. The number of ketones is 1. The topological polar surface area (TPSA) is 40.5 Å². The average Bonchev–Trinajstić information content (AvgIpc) is 3.07. The van der Waals surface area contributed by atoms with Gasteiger partial charge in [0.2, 0.25) is 0 Å². The third kappa shape index (κ3) is 3.94. The molecule has 34 heavy (non-hydrogen) atoms. The molecule has 5 aliphatic rings. The molecule has 3 heteroatoms. The summed E-state index contributed by atoms with van der Waals surface area (Å²) in [6.07, 6.45) is 13.9. The number of carbonyl (C=O) groups excluding carboxylic acids is 1. The Bertz CT molecular complexity index is 954. The summed E-state index contributed by atoms with van der Waals surface area (Å²) >= 11 is 0. The Morgan fingerprint density at radius 1 is 1.03 bits per heavy atom. The van der Waals surface area contributed by atoms with Crippen molar-refractivity contribution in [3.63, 3.8) is 0 Å². The molecule has 3 unspecified atom stereocenters. The van der Waals surface area contributed by atoms with E-state index in [2.05, 4.69) is 51.6 Å². The van der Waals surface area contributed by atoms with Gasteiger partial charge >= 0.3 is 0 Å². The van der Waals surface area contributed by atoms with Crippen molar-refractivity contribution >= 4 is 5.78 Å². The van der Waals surface area contributed by atoms with E-state index in [9.17, 15) is 9.90 Å². The van der Waals surface area contributed by atoms with Crippen molar-refractivity contribution in [3.05, 3.63) is 22.8 Å². The lowest BCUT2D eigenvalue weighted by Gasteiger charge is -2.55. The van der Waals surface area contributed by atoms with Crippen LogP contribution in [0.15, 0.2) is 22.8 Å². The average molecular weight is 464 g/mol. The van der Waals surface area contributed by atoms with E-state index < -0.39 is 5.60 Å². The van der Waals surface area contributed by atoms with Crippen molar-refractivity contribution in [1.82, 2.24) is 4.90 Å². The number of hydrogen-bond donors (Lipinski definition) is 1. The number of aliphatic hydroxyl groups is 1. The van der Waals surface area contributed by atoms with Gasteiger partial charge in [0, 0.05) is 23.8 Å². The second kappa shape index (κ2) is 8.94. The van der Waals surface area contributed by atoms with E-state index in [1.807, 2.05) is 6.08 Å². The first-order chi connectivity index (χ1) is 16.1. The monoisotopic (exact) mass is 463 g/mol. The number of allylic oxidation sites excluding steroid dienone is 4. The zero-order valence-electron chi connectivity index (χ0n) is 22.1. The van der Waals surface area contributed by atoms with Crippen molar-refractivity contribution in [2.24, 2.45) is 35.0 Å². The summed E-state index contributed by atoms with van der Waals surface area (Å²) in [5.41, 5.74) is 3.63. The molecule has 186 valence electrons. The highest BCUT2D eigenvalue weighted by Crippen LogP contribution is 2.66. The van der Waals surface area contributed by atoms with Crippen molar-refractivity contribution in [3.8, 4) is 11.8 Å². The Hall–Kier alpha value is -1.37. The lowest BCUT2D eigenvalue weighted by molar-refractivity contribution is -0.114. The van der Waals surface area contributed by atoms with Crippen LogP contribution >= 0.6 is 0 Å². The third-order valence-corrected chi connectivity index (χ3v) is 10.5. The van der Waals surface area contributed by atoms with Crippen molar-refractivity contribution < 1.29 is 9.90 Å². The number of hydrogen-bond acceptors (Lipinski definition) is 3. The Morgan fingerprint density at radius 2 is 1.76 bits per heavy atom. The van der Waals surface area contributed by atoms with Crippen molar-refractivity contribution in [2.75, 3.05) is 14.1 Å². The Morgan fingerprint density at radius 3 is 2.44 bits per heavy atom. The van der Waals surface area contributed by atoms with Gasteiger partial charge in [0.25, 0.3) is 0 Å². The second-order valence-electron chi connectivity index (χ2n) is 12.9. The normalized spacial score (nSPS) is 42.1. The van der Waals surface area contributed by atoms with Gasteiger partial charge in [-0.3, -0.25) is 4.79 Å². The van der Waals surface area contributed by atoms with Gasteiger partial charge in [-0.25, -0.2) is 0 Å². The lowest BCUT2D eigenvalue weighted by atomic mass is 9.49. The quantitative estimate of drug-likeness (QED) is 0.516. The molecule has 0 aromatic carbocycles. The molecule has 0 aliphatic heterocycles. The molecular weight excluding hydrogens is 418 g/mol. The number of carbonyl (C=O) groups is 1. The third-order valence-electron chi connectivity index (χ3n) is 10.5. The molecule has 0 saturated heterocycles. The zero-order valence-corrected chi connectivity index (χ0v) is 22.1. The molecule has 3 saturated carbocycles. The van der Waals surface area contributed by atoms with Crippen LogP contribution in [0.25, 0.3) is 0 Å². The largest absolute Gasteiger partial charge is 0.377 e. The summed E-state index contributed by atoms with van der Waals surface area (Å²) in [5.74, 6) is 9.69. The SMILES string of the molecule is CC(C)C#C[C@]1(O)CCC2C3CCC4=CC(=O)CCC4=C3C(C3CCC(N(C)C)CC3)C[C@@]21C. The van der Waals surface area contributed by atoms with Crippen molar-refractivity contribution in [1.29, 1.82) is 0 Å². The van der Waals surface area contributed by atoms with Crippen LogP contribution in [0.2, 0.25) is 0 Å². The highest BCUT2D eigenvalue weighted by atomic mass is 16.3. The highest BCUT2D eigenvalue weighted by Gasteiger charge is 2.63. The summed E-state index contributed by atoms with van der Waals surface area (Å²) in [4.78, 5) is 14.7. The summed E-state index contributed by atoms with van der Waals surface area (Å²) in [7, 11) is 4.45. The molecule has 5 rings (SSSR count). The summed E-state index contributed by atoms with van der Waals surface area (Å²) in [5, 5.41) is 12.0. The van der Waals surface area contributed by atoms with Gasteiger partial charge in [-0.2, -0.15) is 0 Å². The van der Waals surface area contributed by atoms with Gasteiger partial charge in [0.05, 0.1) is 0 Å². The van der Waals surface area contributed by atoms with Gasteiger partial charge in [0.15, 0.2) is 5.78 Å². The van der Waals surface area contributed by atoms with E-state index >= 15 is 0 Å². The lowest BCUT2D eigenvalue weighted by Crippen LogP contribution is -2.53. The number of fused-ring (bicyclic) bond motifs is 4. The first-order valence-corrected chi connectivity index (χ1v) is 14.0. The van der Waals surface area contributed by atoms with Crippen LogP contribution in [0.5, 0.6) is 0 Å². The van der Waals surface area contributed by atoms with E-state index in [0.29, 0.717) is 41.9 Å². The Balaban J connectivity index is 1.56. The maximum atomic E-state index is 12.3. The minimum Gasteiger partial charge on any atom is -0.377 e. The van der Waals surface area contributed by atoms with Crippen LogP contribution in [0.4, 0.5) is 0 Å². The van der Waals surface area contributed by atoms with Gasteiger partial charge in [0.1, 0.15) is 5.60 Å². The van der Waals surface area contributed by atoms with E-state index in [1.165, 1.54) is 31.3 Å². The molecular formula is C31H45NO2. The van der Waals surface area contributed by atoms with Gasteiger partial charge < -0.3 is 10.0 Å². The fraction of sp³-hybridized carbons (Fsp3) is 0.774. The van der Waals surface area contributed by atoms with Gasteiger partial charge in [-0.1, -0.05) is 38.2 Å². The molecule has 0 amide bonds. The zero-order chi connectivity index (χ0) is 24.3. The summed E-state index contributed by atoms with van der Waals surface area (Å²) < 4.78 is 0. The first-order valence-electron chi connectivity index (χ1n) is 14.0. The summed E-state index contributed by atoms with van der Waals surface area (Å²) in [6.45, 7) is 6.63. The second-order valence-corrected chi connectivity index (χ2v) is 12.9. The molecule has 3 nitrogen and oxygen atoms in total. The molecule has 0 radical (unpaired) electrons. The van der Waals surface area contributed by atoms with E-state index in [0.717, 1.165) is 38.5 Å². The molecule has 1 N–H and O–H groups in total. The molecule has 5 atom stereocenters. The molecule has 5 aliphatic carbocycles. The van der Waals surface area contributed by atoms with Crippen LogP contribution in [0, 0.1) is 46.8 Å². The van der Waals surface area contributed by atoms with E-state index in [-0.39, 0.29) is 11.3 Å². The predicted octanol–water partition coefficient (Wildman–Crippen LogP) is 5.93. The van der Waals surface area contributed by atoms with E-state index in [1.54, 1.807) is 11.1 Å². The van der Waals surface area contributed by atoms with Crippen LogP contribution < -0.4 is 0 Å². The van der Waals surface area contributed by atoms with Crippen LogP contribution in [-0.2, 0) is 4.79 Å². The predicted molar refractivity (Wildman–Crippen MR) is 138 cm³/mol. The molecule has 0 bridgehead atoms. The first kappa shape index (κ1) is 24.3. The minimum absolute atomic E-state index is 0.140. The fourth-order valence-corrected chi connectivity index (χ4v) is 8.64. The molecule has 0 spiro atoms. The van der Waals surface area contributed by atoms with Crippen molar-refractivity contribution in [2.45, 2.75) is 103 Å². The highest BCUT2D eigenvalue weighted by molar-refractivity contribution is 5.93. The van der Waals surface area contributed by atoms with Gasteiger partial charge in [-0.15, -0.1) is 0 Å². The molecule has 3 fully saturated rings. The summed E-state index contributed by atoms with van der Waals surface area (Å²) in [6, 6.07) is 0.700. The standard InChI is InChI=1S/C31H45NO2/c1-20(2)14-16-31(34)17-15-28-26-12-8-22-18-24(33)11-13-25(22)29(26)27(19-30(28,31)3)21-6-9-23(10-7-21)32(4)5/h18,20-21,23,26-28,34H,6-13,15,17,19H2,1-5H3/t21?,23?,26?,27?,28?,30-,31-/m0/s1. The van der Waals surface area contributed by atoms with Crippen LogP contribution in [-0.4, -0.2) is 41.5 Å². The minimum atomic E-state index is -0.865. The number of rotatable bonds is 2. The maximum absolute atomic E-state index is 12.3. The van der Waals surface area contributed by atoms with E-state index in [4.69, 9.17) is 0 Å².